The van der Waals surface area contributed by atoms with Crippen molar-refractivity contribution in [1.82, 2.24) is 0 Å². The van der Waals surface area contributed by atoms with Crippen LogP contribution in [0.1, 0.15) is 201 Å². The lowest BCUT2D eigenvalue weighted by Crippen LogP contribution is -2.30. The molecule has 63 heavy (non-hydrogen) atoms. The molecule has 0 aliphatic rings. The van der Waals surface area contributed by atoms with Gasteiger partial charge in [-0.25, -0.2) is 0 Å². The highest BCUT2D eigenvalue weighted by atomic mass is 16.6. The number of hydrogen-bond acceptors (Lipinski definition) is 6. The fourth-order valence-electron chi connectivity index (χ4n) is 6.27. The molecule has 0 aromatic carbocycles. The van der Waals surface area contributed by atoms with Crippen LogP contribution < -0.4 is 0 Å². The van der Waals surface area contributed by atoms with Crippen molar-refractivity contribution >= 4 is 17.9 Å². The quantitative estimate of drug-likeness (QED) is 0.0263. The molecule has 0 bridgehead atoms. The zero-order chi connectivity index (χ0) is 45.8. The number of esters is 3. The molecule has 0 aromatic heterocycles. The minimum Gasteiger partial charge on any atom is -0.462 e. The largest absolute Gasteiger partial charge is 0.462 e. The molecule has 0 spiro atoms. The van der Waals surface area contributed by atoms with Crippen molar-refractivity contribution in [1.29, 1.82) is 0 Å². The van der Waals surface area contributed by atoms with Crippen molar-refractivity contribution in [3.8, 4) is 0 Å². The Morgan fingerprint density at radius 2 is 0.635 bits per heavy atom. The van der Waals surface area contributed by atoms with Crippen LogP contribution in [0, 0.1) is 0 Å². The van der Waals surface area contributed by atoms with Crippen molar-refractivity contribution in [2.24, 2.45) is 0 Å². The van der Waals surface area contributed by atoms with Crippen molar-refractivity contribution in [3.63, 3.8) is 0 Å². The van der Waals surface area contributed by atoms with Crippen molar-refractivity contribution < 1.29 is 28.6 Å². The Labute approximate surface area is 386 Å². The first-order valence-electron chi connectivity index (χ1n) is 25.0. The van der Waals surface area contributed by atoms with Crippen LogP contribution in [0.3, 0.4) is 0 Å². The van der Waals surface area contributed by atoms with E-state index < -0.39 is 6.10 Å². The maximum atomic E-state index is 12.7. The lowest BCUT2D eigenvalue weighted by molar-refractivity contribution is -0.167. The molecule has 354 valence electrons. The molecule has 0 fully saturated rings. The molecule has 6 nitrogen and oxygen atoms in total. The number of unbranched alkanes of at least 4 members (excludes halogenated alkanes) is 12. The van der Waals surface area contributed by atoms with Gasteiger partial charge in [-0.15, -0.1) is 0 Å². The highest BCUT2D eigenvalue weighted by molar-refractivity contribution is 5.71. The van der Waals surface area contributed by atoms with Gasteiger partial charge in [-0.2, -0.15) is 0 Å². The van der Waals surface area contributed by atoms with Gasteiger partial charge < -0.3 is 14.2 Å². The minimum absolute atomic E-state index is 0.110. The first kappa shape index (κ1) is 58.8. The summed E-state index contributed by atoms with van der Waals surface area (Å²) in [6.45, 7) is 6.28. The Balaban J connectivity index is 4.41. The molecule has 0 rings (SSSR count). The van der Waals surface area contributed by atoms with Gasteiger partial charge in [0.1, 0.15) is 13.2 Å². The summed E-state index contributed by atoms with van der Waals surface area (Å²) in [5.74, 6) is -1.01. The van der Waals surface area contributed by atoms with Gasteiger partial charge in [0.25, 0.3) is 0 Å². The standard InChI is InChI=1S/C57H90O6/c1-4-7-10-13-16-18-20-22-24-26-27-28-29-31-32-34-36-38-41-44-47-50-56(59)62-53-54(52-61-55(58)49-46-43-40-15-12-9-6-3)63-57(60)51-48-45-42-39-37-35-33-30-25-23-21-19-17-14-11-8-5-2/h7-8,10-11,16-19,22-25,27-28,31-33,35,39,42,54H,4-6,9,12-15,20-21,26,29-30,34,36-38,40-41,43-53H2,1-3H3/b10-7-,11-8-,18-16-,19-17-,24-22-,25-23-,28-27-,32-31-,35-33-,42-39-. The topological polar surface area (TPSA) is 78.9 Å². The van der Waals surface area contributed by atoms with Crippen LogP contribution in [0.4, 0.5) is 0 Å². The average molecular weight is 871 g/mol. The van der Waals surface area contributed by atoms with Gasteiger partial charge in [0, 0.05) is 19.3 Å². The Morgan fingerprint density at radius 3 is 1.02 bits per heavy atom. The number of allylic oxidation sites excluding steroid dienone is 20. The molecule has 0 heterocycles. The van der Waals surface area contributed by atoms with E-state index >= 15 is 0 Å². The van der Waals surface area contributed by atoms with Gasteiger partial charge in [-0.3, -0.25) is 14.4 Å². The maximum Gasteiger partial charge on any atom is 0.306 e. The first-order chi connectivity index (χ1) is 31.0. The Hall–Kier alpha value is -4.19. The average Bonchev–Trinajstić information content (AvgIpc) is 3.28. The smallest absolute Gasteiger partial charge is 0.306 e. The molecule has 1 unspecified atom stereocenters. The van der Waals surface area contributed by atoms with Gasteiger partial charge >= 0.3 is 17.9 Å². The predicted octanol–water partition coefficient (Wildman–Crippen LogP) is 16.5. The highest BCUT2D eigenvalue weighted by Gasteiger charge is 2.19. The fraction of sp³-hybridized carbons (Fsp3) is 0.596. The number of carbonyl (C=O) groups is 3. The summed E-state index contributed by atoms with van der Waals surface area (Å²) in [7, 11) is 0. The summed E-state index contributed by atoms with van der Waals surface area (Å²) < 4.78 is 16.6. The third-order valence-electron chi connectivity index (χ3n) is 9.96. The predicted molar refractivity (Wildman–Crippen MR) is 269 cm³/mol. The Morgan fingerprint density at radius 1 is 0.333 bits per heavy atom. The molecular formula is C57H90O6. The van der Waals surface area contributed by atoms with Crippen molar-refractivity contribution in [2.45, 2.75) is 207 Å². The second-order valence-electron chi connectivity index (χ2n) is 16.0. The van der Waals surface area contributed by atoms with E-state index in [-0.39, 0.29) is 37.5 Å². The zero-order valence-electron chi connectivity index (χ0n) is 40.3. The Bertz CT molecular complexity index is 1370. The summed E-state index contributed by atoms with van der Waals surface area (Å²) in [5.41, 5.74) is 0. The molecule has 1 atom stereocenters. The summed E-state index contributed by atoms with van der Waals surface area (Å²) in [6, 6.07) is 0. The van der Waals surface area contributed by atoms with Crippen LogP contribution in [-0.2, 0) is 28.6 Å². The summed E-state index contributed by atoms with van der Waals surface area (Å²) in [6.07, 6.45) is 69.2. The lowest BCUT2D eigenvalue weighted by Gasteiger charge is -2.18. The number of ether oxygens (including phenoxy) is 3. The maximum absolute atomic E-state index is 12.7. The number of carbonyl (C=O) groups excluding carboxylic acids is 3. The van der Waals surface area contributed by atoms with Crippen molar-refractivity contribution in [2.75, 3.05) is 13.2 Å². The highest BCUT2D eigenvalue weighted by Crippen LogP contribution is 2.12. The van der Waals surface area contributed by atoms with Crippen LogP contribution in [0.5, 0.6) is 0 Å². The van der Waals surface area contributed by atoms with Crippen molar-refractivity contribution in [3.05, 3.63) is 122 Å². The SMILES string of the molecule is CC/C=C\C/C=C\C/C=C\C/C=C\C/C=C\CCCCCCCC(=O)OCC(COC(=O)CCCCCCCCC)OC(=O)CCC/C=C\C/C=C\C/C=C\C/C=C\C/C=C\CC. The van der Waals surface area contributed by atoms with Crippen LogP contribution in [0.2, 0.25) is 0 Å². The molecule has 6 heteroatoms. The zero-order valence-corrected chi connectivity index (χ0v) is 40.3. The molecule has 0 N–H and O–H groups in total. The van der Waals surface area contributed by atoms with E-state index in [0.29, 0.717) is 19.3 Å². The van der Waals surface area contributed by atoms with E-state index in [2.05, 4.69) is 142 Å². The number of rotatable bonds is 43. The molecule has 0 radical (unpaired) electrons. The summed E-state index contributed by atoms with van der Waals surface area (Å²) in [4.78, 5) is 37.8. The molecule has 0 aliphatic heterocycles. The van der Waals surface area contributed by atoms with Gasteiger partial charge in [0.05, 0.1) is 0 Å². The minimum atomic E-state index is -0.816. The Kier molecular flexibility index (Phi) is 47.1. The molecular weight excluding hydrogens is 781 g/mol. The molecule has 0 saturated heterocycles. The summed E-state index contributed by atoms with van der Waals surface area (Å²) >= 11 is 0. The molecule has 0 aliphatic carbocycles. The number of hydrogen-bond donors (Lipinski definition) is 0. The monoisotopic (exact) mass is 871 g/mol. The van der Waals surface area contributed by atoms with Crippen LogP contribution in [-0.4, -0.2) is 37.2 Å². The van der Waals surface area contributed by atoms with E-state index in [1.54, 1.807) is 0 Å². The third-order valence-corrected chi connectivity index (χ3v) is 9.96. The molecule has 0 saturated carbocycles. The van der Waals surface area contributed by atoms with E-state index in [0.717, 1.165) is 128 Å². The van der Waals surface area contributed by atoms with Gasteiger partial charge in [0.2, 0.25) is 0 Å². The van der Waals surface area contributed by atoms with E-state index in [4.69, 9.17) is 14.2 Å². The van der Waals surface area contributed by atoms with Crippen LogP contribution >= 0.6 is 0 Å². The second kappa shape index (κ2) is 50.5. The third kappa shape index (κ3) is 48.7. The van der Waals surface area contributed by atoms with E-state index in [1.807, 2.05) is 0 Å². The van der Waals surface area contributed by atoms with Gasteiger partial charge in [-0.05, 0) is 103 Å². The first-order valence-corrected chi connectivity index (χ1v) is 25.0. The molecule has 0 aromatic rings. The van der Waals surface area contributed by atoms with Gasteiger partial charge in [-0.1, -0.05) is 200 Å². The van der Waals surface area contributed by atoms with E-state index in [9.17, 15) is 14.4 Å². The fourth-order valence-corrected chi connectivity index (χ4v) is 6.27. The van der Waals surface area contributed by atoms with E-state index in [1.165, 1.54) is 25.7 Å². The lowest BCUT2D eigenvalue weighted by atomic mass is 10.1. The summed E-state index contributed by atoms with van der Waals surface area (Å²) in [5, 5.41) is 0. The van der Waals surface area contributed by atoms with Crippen LogP contribution in [0.25, 0.3) is 0 Å². The van der Waals surface area contributed by atoms with Crippen LogP contribution in [0.15, 0.2) is 122 Å². The second-order valence-corrected chi connectivity index (χ2v) is 16.0. The normalized spacial score (nSPS) is 13.1. The van der Waals surface area contributed by atoms with Gasteiger partial charge in [0.15, 0.2) is 6.10 Å². The molecule has 0 amide bonds.